The molecule has 51 heavy (non-hydrogen) atoms. The summed E-state index contributed by atoms with van der Waals surface area (Å²) in [7, 11) is 0. The van der Waals surface area contributed by atoms with Gasteiger partial charge in [-0.25, -0.2) is 0 Å². The van der Waals surface area contributed by atoms with Crippen molar-refractivity contribution in [2.75, 3.05) is 49.9 Å². The first-order chi connectivity index (χ1) is 24.2. The zero-order valence-corrected chi connectivity index (χ0v) is 28.0. The van der Waals surface area contributed by atoms with Crippen LogP contribution in [0.4, 0.5) is 5.69 Å². The molecule has 0 aromatic heterocycles. The smallest absolute Gasteiger partial charge is 0.305 e. The monoisotopic (exact) mass is 727 g/mol. The number of carbonyl (C=O) groups excluding carboxylic acids is 7. The van der Waals surface area contributed by atoms with Crippen molar-refractivity contribution in [3.63, 3.8) is 0 Å². The van der Waals surface area contributed by atoms with Crippen LogP contribution in [0.2, 0.25) is 0 Å². The minimum absolute atomic E-state index is 0.0309. The average Bonchev–Trinajstić information content (AvgIpc) is 3.19. The molecule has 0 saturated heterocycles. The number of anilines is 1. The molecule has 272 valence electrons. The first-order valence-electron chi connectivity index (χ1n) is 15.2. The topological polar surface area (TPSA) is 297 Å². The van der Waals surface area contributed by atoms with E-state index in [1.54, 1.807) is 24.3 Å². The minimum Gasteiger partial charge on any atom is -0.489 e. The lowest BCUT2D eigenvalue weighted by atomic mass is 10.1. The molecule has 2 aromatic carbocycles. The van der Waals surface area contributed by atoms with Crippen LogP contribution in [0.1, 0.15) is 27.9 Å². The van der Waals surface area contributed by atoms with Crippen LogP contribution in [-0.4, -0.2) is 114 Å². The molecule has 20 heteroatoms. The largest absolute Gasteiger partial charge is 0.489 e. The molecular formula is C31H37N9O10S. The van der Waals surface area contributed by atoms with E-state index in [0.29, 0.717) is 5.56 Å². The van der Waals surface area contributed by atoms with Gasteiger partial charge in [0.15, 0.2) is 0 Å². The third-order valence-corrected chi connectivity index (χ3v) is 7.54. The summed E-state index contributed by atoms with van der Waals surface area (Å²) in [5.74, 6) is -6.27. The fourth-order valence-electron chi connectivity index (χ4n) is 4.48. The van der Waals surface area contributed by atoms with E-state index in [9.17, 15) is 38.4 Å². The van der Waals surface area contributed by atoms with Gasteiger partial charge in [-0.2, -0.15) is 12.6 Å². The van der Waals surface area contributed by atoms with Crippen molar-refractivity contribution in [1.29, 1.82) is 5.41 Å². The lowest BCUT2D eigenvalue weighted by Gasteiger charge is -2.22. The maximum absolute atomic E-state index is 13.5. The summed E-state index contributed by atoms with van der Waals surface area (Å²) < 4.78 is 5.84. The minimum atomic E-state index is -1.19. The van der Waals surface area contributed by atoms with E-state index in [1.165, 1.54) is 18.2 Å². The summed E-state index contributed by atoms with van der Waals surface area (Å²) in [6.07, 6.45) is -0.437. The highest BCUT2D eigenvalue weighted by Crippen LogP contribution is 2.30. The molecule has 1 aliphatic rings. The second-order valence-corrected chi connectivity index (χ2v) is 11.3. The number of hydrogen-bond donors (Lipinski definition) is 9. The number of nitrogens with one attached hydrogen (secondary N) is 5. The van der Waals surface area contributed by atoms with Gasteiger partial charge in [-0.15, -0.1) is 0 Å². The zero-order valence-electron chi connectivity index (χ0n) is 27.1. The highest BCUT2D eigenvalue weighted by molar-refractivity contribution is 7.80. The van der Waals surface area contributed by atoms with E-state index in [1.807, 2.05) is 0 Å². The average molecular weight is 728 g/mol. The van der Waals surface area contributed by atoms with Gasteiger partial charge < -0.3 is 52.4 Å². The van der Waals surface area contributed by atoms with Gasteiger partial charge in [-0.1, -0.05) is 24.3 Å². The van der Waals surface area contributed by atoms with E-state index in [0.717, 1.165) is 15.4 Å². The predicted octanol–water partition coefficient (Wildman–Crippen LogP) is -2.94. The highest BCUT2D eigenvalue weighted by Gasteiger charge is 2.33. The molecule has 0 saturated carbocycles. The fraction of sp³-hybridized carbons (Fsp3) is 0.323. The Morgan fingerprint density at radius 1 is 0.902 bits per heavy atom. The number of nitrogen functional groups attached to an aromatic ring is 1. The number of amides is 7. The molecule has 1 aliphatic heterocycles. The maximum atomic E-state index is 13.5. The van der Waals surface area contributed by atoms with Crippen LogP contribution >= 0.6 is 12.6 Å². The SMILES string of the molecule is N=C(N)c1ccc(COc2ccc3c(c2)C(=O)N(CCC(=O)O)CC(=O)N3CC(=O)NCC(=O)NCC(=O)NCC(=O)NC(CS)C(N)=O)cc1. The quantitative estimate of drug-likeness (QED) is 0.0425. The predicted molar refractivity (Wildman–Crippen MR) is 183 cm³/mol. The van der Waals surface area contributed by atoms with E-state index in [4.69, 9.17) is 26.7 Å². The van der Waals surface area contributed by atoms with Crippen LogP contribution in [0, 0.1) is 5.41 Å². The Morgan fingerprint density at radius 3 is 2.08 bits per heavy atom. The van der Waals surface area contributed by atoms with Crippen molar-refractivity contribution in [3.05, 3.63) is 59.2 Å². The molecule has 19 nitrogen and oxygen atoms in total. The molecule has 7 amide bonds. The second kappa shape index (κ2) is 18.5. The Morgan fingerprint density at radius 2 is 1.51 bits per heavy atom. The summed E-state index contributed by atoms with van der Waals surface area (Å²) in [6, 6.07) is 9.96. The number of benzene rings is 2. The van der Waals surface area contributed by atoms with E-state index >= 15 is 0 Å². The van der Waals surface area contributed by atoms with Gasteiger partial charge in [0, 0.05) is 17.9 Å². The van der Waals surface area contributed by atoms with Crippen LogP contribution < -0.4 is 42.4 Å². The van der Waals surface area contributed by atoms with Gasteiger partial charge in [0.25, 0.3) is 5.91 Å². The van der Waals surface area contributed by atoms with Gasteiger partial charge in [0.1, 0.15) is 37.3 Å². The molecule has 0 bridgehead atoms. The number of rotatable bonds is 18. The molecule has 0 fully saturated rings. The van der Waals surface area contributed by atoms with Crippen molar-refractivity contribution in [2.24, 2.45) is 11.5 Å². The van der Waals surface area contributed by atoms with Crippen molar-refractivity contribution < 1.29 is 48.2 Å². The maximum Gasteiger partial charge on any atom is 0.305 e. The molecule has 3 rings (SSSR count). The highest BCUT2D eigenvalue weighted by atomic mass is 32.1. The van der Waals surface area contributed by atoms with Crippen molar-refractivity contribution in [3.8, 4) is 5.75 Å². The number of thiol groups is 1. The number of amidine groups is 1. The molecule has 1 unspecified atom stereocenters. The molecular weight excluding hydrogens is 690 g/mol. The number of fused-ring (bicyclic) bond motifs is 1. The third-order valence-electron chi connectivity index (χ3n) is 7.17. The number of primary amides is 1. The van der Waals surface area contributed by atoms with Gasteiger partial charge in [0.05, 0.1) is 37.3 Å². The first kappa shape index (κ1) is 39.3. The van der Waals surface area contributed by atoms with E-state index in [-0.39, 0.29) is 41.7 Å². The standard InChI is InChI=1S/C31H37N9O10S/c32-29(33)18-3-1-17(2-4-18)15-50-19-5-6-22-20(9-19)31(49)39(8-7-28(46)47)14-27(45)40(22)13-26(44)37-11-24(42)35-10-23(41)36-12-25(43)38-21(16-51)30(34)48/h1-6,9,21,51H,7-8,10-16H2,(H3,32,33)(H2,34,48)(H,35,42)(H,36,41)(H,37,44)(H,38,43)(H,46,47). The Bertz CT molecular complexity index is 1700. The molecule has 1 atom stereocenters. The van der Waals surface area contributed by atoms with Gasteiger partial charge in [0.2, 0.25) is 35.4 Å². The fourth-order valence-corrected chi connectivity index (χ4v) is 4.75. The summed E-state index contributed by atoms with van der Waals surface area (Å²) in [5.41, 5.74) is 11.9. The number of ether oxygens (including phenoxy) is 1. The Balaban J connectivity index is 1.62. The third kappa shape index (κ3) is 12.0. The lowest BCUT2D eigenvalue weighted by Crippen LogP contribution is -2.50. The second-order valence-electron chi connectivity index (χ2n) is 11.0. The molecule has 0 spiro atoms. The molecule has 0 radical (unpaired) electrons. The molecule has 2 aromatic rings. The normalized spacial score (nSPS) is 12.9. The van der Waals surface area contributed by atoms with Gasteiger partial charge in [-0.3, -0.25) is 43.8 Å². The van der Waals surface area contributed by atoms with Gasteiger partial charge >= 0.3 is 5.97 Å². The first-order valence-corrected chi connectivity index (χ1v) is 15.8. The molecule has 1 heterocycles. The number of carbonyl (C=O) groups is 8. The van der Waals surface area contributed by atoms with Crippen LogP contribution in [0.25, 0.3) is 0 Å². The van der Waals surface area contributed by atoms with Crippen molar-refractivity contribution in [1.82, 2.24) is 26.2 Å². The van der Waals surface area contributed by atoms with E-state index < -0.39 is 92.5 Å². The Kier molecular flexibility index (Phi) is 14.3. The Labute approximate surface area is 296 Å². The number of hydrogen-bond acceptors (Lipinski definition) is 11. The number of nitrogens with two attached hydrogens (primary N) is 2. The summed E-state index contributed by atoms with van der Waals surface area (Å²) in [4.78, 5) is 100. The summed E-state index contributed by atoms with van der Waals surface area (Å²) in [5, 5.41) is 25.8. The van der Waals surface area contributed by atoms with Crippen molar-refractivity contribution >= 4 is 71.5 Å². The number of aliphatic carboxylic acids is 1. The van der Waals surface area contributed by atoms with Gasteiger partial charge in [-0.05, 0) is 23.8 Å². The summed E-state index contributed by atoms with van der Waals surface area (Å²) >= 11 is 3.89. The number of carboxylic acid groups (broad SMARTS) is 1. The van der Waals surface area contributed by atoms with Crippen LogP contribution in [0.5, 0.6) is 5.75 Å². The Hall–Kier alpha value is -6.18. The zero-order chi connectivity index (χ0) is 37.7. The molecule has 0 aliphatic carbocycles. The molecule has 10 N–H and O–H groups in total. The van der Waals surface area contributed by atoms with Crippen molar-refractivity contribution in [2.45, 2.75) is 19.1 Å². The van der Waals surface area contributed by atoms with Crippen LogP contribution in [-0.2, 0) is 40.2 Å². The lowest BCUT2D eigenvalue weighted by molar-refractivity contribution is -0.137. The van der Waals surface area contributed by atoms with Crippen LogP contribution in [0.15, 0.2) is 42.5 Å². The number of nitrogens with zero attached hydrogens (tertiary/aromatic N) is 2. The van der Waals surface area contributed by atoms with Crippen LogP contribution in [0.3, 0.4) is 0 Å². The number of carboxylic acids is 1. The summed E-state index contributed by atoms with van der Waals surface area (Å²) in [6.45, 7) is -3.00. The van der Waals surface area contributed by atoms with E-state index in [2.05, 4.69) is 33.9 Å².